The molecule has 1 amide bonds. The van der Waals surface area contributed by atoms with E-state index in [4.69, 9.17) is 19.7 Å². The van der Waals surface area contributed by atoms with E-state index in [2.05, 4.69) is 19.2 Å². The fourth-order valence-electron chi connectivity index (χ4n) is 3.48. The lowest BCUT2D eigenvalue weighted by Crippen LogP contribution is -2.33. The standard InChI is InChI=1S/C26H33N3O4/c1-16(2)14-21-20(15-28-25(31)33-26(5,6)7)23(19-10-8-17(3)9-11-19)22(18(4)29-21)24(30)32-13-12-27/h8-11,16H,13-15H2,1-7H3,(H,28,31). The van der Waals surface area contributed by atoms with Gasteiger partial charge in [-0.2, -0.15) is 5.26 Å². The quantitative estimate of drug-likeness (QED) is 0.576. The van der Waals surface area contributed by atoms with Crippen molar-refractivity contribution in [3.8, 4) is 17.2 Å². The van der Waals surface area contributed by atoms with E-state index in [0.717, 1.165) is 22.4 Å². The van der Waals surface area contributed by atoms with Crippen molar-refractivity contribution in [2.45, 2.75) is 67.0 Å². The Kier molecular flexibility index (Phi) is 8.58. The molecular formula is C26H33N3O4. The summed E-state index contributed by atoms with van der Waals surface area (Å²) in [6, 6.07) is 9.62. The Balaban J connectivity index is 2.69. The molecule has 0 radical (unpaired) electrons. The van der Waals surface area contributed by atoms with Crippen molar-refractivity contribution in [3.63, 3.8) is 0 Å². The van der Waals surface area contributed by atoms with E-state index in [0.29, 0.717) is 29.2 Å². The van der Waals surface area contributed by atoms with Crippen molar-refractivity contribution in [1.29, 1.82) is 5.26 Å². The molecule has 0 saturated carbocycles. The number of hydrogen-bond acceptors (Lipinski definition) is 6. The third kappa shape index (κ3) is 7.31. The molecule has 0 unspecified atom stereocenters. The Morgan fingerprint density at radius 2 is 1.79 bits per heavy atom. The molecule has 0 aliphatic rings. The van der Waals surface area contributed by atoms with E-state index >= 15 is 0 Å². The van der Waals surface area contributed by atoms with Gasteiger partial charge in [0.1, 0.15) is 11.7 Å². The second kappa shape index (κ2) is 11.0. The van der Waals surface area contributed by atoms with Gasteiger partial charge in [-0.05, 0) is 52.5 Å². The van der Waals surface area contributed by atoms with Gasteiger partial charge >= 0.3 is 12.1 Å². The first-order chi connectivity index (χ1) is 15.4. The van der Waals surface area contributed by atoms with Crippen LogP contribution in [0.4, 0.5) is 4.79 Å². The van der Waals surface area contributed by atoms with Crippen LogP contribution in [0.5, 0.6) is 0 Å². The van der Waals surface area contributed by atoms with Gasteiger partial charge in [0.05, 0.1) is 11.3 Å². The molecule has 2 aromatic rings. The fourth-order valence-corrected chi connectivity index (χ4v) is 3.48. The number of aromatic nitrogens is 1. The number of benzene rings is 1. The van der Waals surface area contributed by atoms with E-state index in [1.54, 1.807) is 27.7 Å². The molecule has 0 atom stereocenters. The molecule has 33 heavy (non-hydrogen) atoms. The highest BCUT2D eigenvalue weighted by Crippen LogP contribution is 2.33. The number of hydrogen-bond donors (Lipinski definition) is 1. The molecule has 0 bridgehead atoms. The van der Waals surface area contributed by atoms with E-state index in [-0.39, 0.29) is 13.2 Å². The number of rotatable bonds is 7. The lowest BCUT2D eigenvalue weighted by molar-refractivity contribution is 0.0522. The largest absolute Gasteiger partial charge is 0.447 e. The van der Waals surface area contributed by atoms with Crippen molar-refractivity contribution < 1.29 is 19.1 Å². The number of aryl methyl sites for hydroxylation is 2. The van der Waals surface area contributed by atoms with Gasteiger partial charge in [0, 0.05) is 23.4 Å². The van der Waals surface area contributed by atoms with Gasteiger partial charge in [-0.1, -0.05) is 43.7 Å². The zero-order chi connectivity index (χ0) is 24.8. The second-order valence-electron chi connectivity index (χ2n) is 9.43. The summed E-state index contributed by atoms with van der Waals surface area (Å²) in [5.74, 6) is -0.314. The van der Waals surface area contributed by atoms with Crippen LogP contribution in [0.3, 0.4) is 0 Å². The SMILES string of the molecule is Cc1ccc(-c2c(CNC(=O)OC(C)(C)C)c(CC(C)C)nc(C)c2C(=O)OCC#N)cc1. The van der Waals surface area contributed by atoms with Gasteiger partial charge < -0.3 is 14.8 Å². The van der Waals surface area contributed by atoms with Crippen LogP contribution >= 0.6 is 0 Å². The highest BCUT2D eigenvalue weighted by molar-refractivity contribution is 5.99. The molecule has 2 rings (SSSR count). The molecule has 1 aromatic heterocycles. The van der Waals surface area contributed by atoms with Crippen molar-refractivity contribution in [2.75, 3.05) is 6.61 Å². The smallest absolute Gasteiger partial charge is 0.407 e. The average molecular weight is 452 g/mol. The number of pyridine rings is 1. The zero-order valence-corrected chi connectivity index (χ0v) is 20.5. The molecule has 1 heterocycles. The van der Waals surface area contributed by atoms with Crippen molar-refractivity contribution in [2.24, 2.45) is 5.92 Å². The topological polar surface area (TPSA) is 101 Å². The highest BCUT2D eigenvalue weighted by Gasteiger charge is 2.26. The molecule has 0 saturated heterocycles. The number of nitrogens with one attached hydrogen (secondary N) is 1. The maximum atomic E-state index is 13.0. The summed E-state index contributed by atoms with van der Waals surface area (Å²) in [7, 11) is 0. The summed E-state index contributed by atoms with van der Waals surface area (Å²) < 4.78 is 10.6. The highest BCUT2D eigenvalue weighted by atomic mass is 16.6. The van der Waals surface area contributed by atoms with E-state index < -0.39 is 17.7 Å². The summed E-state index contributed by atoms with van der Waals surface area (Å²) in [6.07, 6.45) is 0.112. The molecule has 7 heteroatoms. The second-order valence-corrected chi connectivity index (χ2v) is 9.43. The molecule has 1 aromatic carbocycles. The molecular weight excluding hydrogens is 418 g/mol. The summed E-state index contributed by atoms with van der Waals surface area (Å²) in [6.45, 7) is 13.1. The van der Waals surface area contributed by atoms with Crippen molar-refractivity contribution >= 4 is 12.1 Å². The molecule has 0 aliphatic carbocycles. The molecule has 1 N–H and O–H groups in total. The Morgan fingerprint density at radius 1 is 1.15 bits per heavy atom. The van der Waals surface area contributed by atoms with Crippen LogP contribution in [0.1, 0.15) is 67.5 Å². The first-order valence-corrected chi connectivity index (χ1v) is 11.0. The van der Waals surface area contributed by atoms with Crippen LogP contribution in [0.2, 0.25) is 0 Å². The van der Waals surface area contributed by atoms with Gasteiger partial charge in [-0.3, -0.25) is 4.98 Å². The molecule has 7 nitrogen and oxygen atoms in total. The Bertz CT molecular complexity index is 1050. The lowest BCUT2D eigenvalue weighted by Gasteiger charge is -2.23. The summed E-state index contributed by atoms with van der Waals surface area (Å²) in [5.41, 5.74) is 4.24. The molecule has 176 valence electrons. The van der Waals surface area contributed by atoms with Crippen molar-refractivity contribution in [1.82, 2.24) is 10.3 Å². The van der Waals surface area contributed by atoms with Crippen LogP contribution in [-0.4, -0.2) is 29.3 Å². The van der Waals surface area contributed by atoms with Gasteiger partial charge in [0.2, 0.25) is 0 Å². The van der Waals surface area contributed by atoms with Gasteiger partial charge in [-0.15, -0.1) is 0 Å². The number of ether oxygens (including phenoxy) is 2. The minimum absolute atomic E-state index is 0.131. The maximum absolute atomic E-state index is 13.0. The summed E-state index contributed by atoms with van der Waals surface area (Å²) >= 11 is 0. The van der Waals surface area contributed by atoms with Crippen molar-refractivity contribution in [3.05, 3.63) is 52.3 Å². The van der Waals surface area contributed by atoms with E-state index in [1.165, 1.54) is 0 Å². The van der Waals surface area contributed by atoms with E-state index in [1.807, 2.05) is 37.3 Å². The first kappa shape index (κ1) is 25.9. The lowest BCUT2D eigenvalue weighted by atomic mass is 9.89. The maximum Gasteiger partial charge on any atom is 0.407 e. The first-order valence-electron chi connectivity index (χ1n) is 11.0. The Hall–Kier alpha value is -3.40. The third-order valence-electron chi connectivity index (χ3n) is 4.79. The monoisotopic (exact) mass is 451 g/mol. The number of esters is 1. The Morgan fingerprint density at radius 3 is 2.33 bits per heavy atom. The predicted octanol–water partition coefficient (Wildman–Crippen LogP) is 5.27. The minimum atomic E-state index is -0.636. The number of carbonyl (C=O) groups is 2. The van der Waals surface area contributed by atoms with Crippen LogP contribution in [0.25, 0.3) is 11.1 Å². The van der Waals surface area contributed by atoms with Crippen LogP contribution in [-0.2, 0) is 22.4 Å². The molecule has 0 aliphatic heterocycles. The van der Waals surface area contributed by atoms with Crippen LogP contribution < -0.4 is 5.32 Å². The van der Waals surface area contributed by atoms with Crippen LogP contribution in [0.15, 0.2) is 24.3 Å². The normalized spacial score (nSPS) is 11.1. The average Bonchev–Trinajstić information content (AvgIpc) is 2.69. The van der Waals surface area contributed by atoms with Gasteiger partial charge in [-0.25, -0.2) is 9.59 Å². The van der Waals surface area contributed by atoms with Gasteiger partial charge in [0.15, 0.2) is 6.61 Å². The zero-order valence-electron chi connectivity index (χ0n) is 20.5. The molecule has 0 fully saturated rings. The Labute approximate surface area is 196 Å². The third-order valence-corrected chi connectivity index (χ3v) is 4.79. The number of nitrogens with zero attached hydrogens (tertiary/aromatic N) is 2. The number of amides is 1. The summed E-state index contributed by atoms with van der Waals surface area (Å²) in [5, 5.41) is 11.7. The summed E-state index contributed by atoms with van der Waals surface area (Å²) in [4.78, 5) is 30.1. The minimum Gasteiger partial charge on any atom is -0.447 e. The van der Waals surface area contributed by atoms with E-state index in [9.17, 15) is 9.59 Å². The predicted molar refractivity (Wildman–Crippen MR) is 127 cm³/mol. The number of nitriles is 1. The van der Waals surface area contributed by atoms with Crippen LogP contribution in [0, 0.1) is 31.1 Å². The number of carbonyl (C=O) groups excluding carboxylic acids is 2. The van der Waals surface area contributed by atoms with Gasteiger partial charge in [0.25, 0.3) is 0 Å². The molecule has 0 spiro atoms. The fraction of sp³-hybridized carbons (Fsp3) is 0.462. The number of alkyl carbamates (subject to hydrolysis) is 1.